The molecule has 1 unspecified atom stereocenters. The molecule has 2 aliphatic carbocycles. The first kappa shape index (κ1) is 15.6. The van der Waals surface area contributed by atoms with Crippen molar-refractivity contribution in [3.63, 3.8) is 0 Å². The van der Waals surface area contributed by atoms with Gasteiger partial charge >= 0.3 is 5.97 Å². The van der Waals surface area contributed by atoms with E-state index in [1.807, 2.05) is 0 Å². The molecule has 20 heavy (non-hydrogen) atoms. The lowest BCUT2D eigenvalue weighted by Crippen LogP contribution is -2.50. The van der Waals surface area contributed by atoms with E-state index in [9.17, 15) is 9.90 Å². The van der Waals surface area contributed by atoms with Crippen LogP contribution < -0.4 is 0 Å². The Hall–Kier alpha value is -0.830. The van der Waals surface area contributed by atoms with Crippen LogP contribution in [0, 0.1) is 22.7 Å². The lowest BCUT2D eigenvalue weighted by atomic mass is 9.49. The maximum Gasteiger partial charge on any atom is 0.302 e. The van der Waals surface area contributed by atoms with E-state index in [0.717, 1.165) is 18.4 Å². The van der Waals surface area contributed by atoms with Gasteiger partial charge in [-0.15, -0.1) is 0 Å². The van der Waals surface area contributed by atoms with E-state index in [0.29, 0.717) is 17.9 Å². The zero-order valence-electron chi connectivity index (χ0n) is 13.2. The molecular weight excluding hydrogens is 252 g/mol. The summed E-state index contributed by atoms with van der Waals surface area (Å²) in [6.45, 7) is 8.98. The lowest BCUT2D eigenvalue weighted by molar-refractivity contribution is -0.145. The molecule has 3 heteroatoms. The molecule has 0 aliphatic heterocycles. The van der Waals surface area contributed by atoms with Gasteiger partial charge in [0.1, 0.15) is 0 Å². The number of allylic oxidation sites excluding steroid dienone is 1. The van der Waals surface area contributed by atoms with Crippen molar-refractivity contribution in [1.29, 1.82) is 0 Å². The number of hydrogen-bond donors (Lipinski definition) is 1. The highest BCUT2D eigenvalue weighted by atomic mass is 16.5. The Labute approximate surface area is 122 Å². The van der Waals surface area contributed by atoms with Gasteiger partial charge in [-0.25, -0.2) is 0 Å². The molecule has 0 amide bonds. The second-order valence-electron chi connectivity index (χ2n) is 7.43. The van der Waals surface area contributed by atoms with Gasteiger partial charge in [-0.2, -0.15) is 0 Å². The lowest BCUT2D eigenvalue weighted by Gasteiger charge is -2.56. The van der Waals surface area contributed by atoms with E-state index in [4.69, 9.17) is 4.74 Å². The van der Waals surface area contributed by atoms with Crippen molar-refractivity contribution in [2.24, 2.45) is 22.7 Å². The monoisotopic (exact) mass is 280 g/mol. The number of aliphatic hydroxyl groups excluding tert-OH is 1. The molecule has 114 valence electrons. The molecule has 3 atom stereocenters. The van der Waals surface area contributed by atoms with Gasteiger partial charge in [-0.3, -0.25) is 4.79 Å². The molecule has 1 fully saturated rings. The number of carbonyl (C=O) groups is 1. The van der Waals surface area contributed by atoms with Crippen LogP contribution in [0.15, 0.2) is 11.6 Å². The van der Waals surface area contributed by atoms with Crippen molar-refractivity contribution in [3.8, 4) is 0 Å². The summed E-state index contributed by atoms with van der Waals surface area (Å²) < 4.78 is 5.30. The fourth-order valence-electron chi connectivity index (χ4n) is 4.68. The number of carbonyl (C=O) groups excluding carboxylic acids is 1. The zero-order chi connectivity index (χ0) is 15.0. The number of esters is 1. The Morgan fingerprint density at radius 1 is 1.40 bits per heavy atom. The van der Waals surface area contributed by atoms with Crippen LogP contribution in [0.4, 0.5) is 0 Å². The fraction of sp³-hybridized carbons (Fsp3) is 0.824. The second-order valence-corrected chi connectivity index (χ2v) is 7.43. The molecule has 0 spiro atoms. The Morgan fingerprint density at radius 3 is 2.70 bits per heavy atom. The van der Waals surface area contributed by atoms with Crippen molar-refractivity contribution in [2.75, 3.05) is 13.2 Å². The van der Waals surface area contributed by atoms with Crippen molar-refractivity contribution >= 4 is 5.97 Å². The molecule has 0 saturated heterocycles. The highest BCUT2D eigenvalue weighted by molar-refractivity contribution is 5.65. The molecule has 0 radical (unpaired) electrons. The topological polar surface area (TPSA) is 46.5 Å². The standard InChI is InChI=1S/C17H28O3/c1-12(19)20-11-14-13(10-18)6-7-15-16(2,3)8-5-9-17(14,15)4/h6,14-15,18H,5,7-11H2,1-4H3/t14-,15?,17+/m0/s1. The SMILES string of the molecule is CC(=O)OC[C@H]1C(CO)=CCC2C(C)(C)CCC[C@@]21C. The molecule has 2 rings (SSSR count). The molecule has 1 N–H and O–H groups in total. The number of fused-ring (bicyclic) bond motifs is 1. The van der Waals surface area contributed by atoms with Crippen LogP contribution in [-0.2, 0) is 9.53 Å². The van der Waals surface area contributed by atoms with Crippen LogP contribution in [0.5, 0.6) is 0 Å². The van der Waals surface area contributed by atoms with E-state index in [1.54, 1.807) is 0 Å². The normalized spacial score (nSPS) is 36.0. The van der Waals surface area contributed by atoms with E-state index in [2.05, 4.69) is 26.8 Å². The van der Waals surface area contributed by atoms with E-state index < -0.39 is 0 Å². The summed E-state index contributed by atoms with van der Waals surface area (Å²) in [4.78, 5) is 11.2. The van der Waals surface area contributed by atoms with Gasteiger partial charge in [0, 0.05) is 12.8 Å². The van der Waals surface area contributed by atoms with Crippen LogP contribution in [0.2, 0.25) is 0 Å². The third-order valence-corrected chi connectivity index (χ3v) is 5.77. The fourth-order valence-corrected chi connectivity index (χ4v) is 4.68. The molecule has 3 nitrogen and oxygen atoms in total. The largest absolute Gasteiger partial charge is 0.465 e. The minimum atomic E-state index is -0.233. The van der Waals surface area contributed by atoms with Crippen molar-refractivity contribution in [2.45, 2.75) is 53.4 Å². The third-order valence-electron chi connectivity index (χ3n) is 5.77. The first-order valence-corrected chi connectivity index (χ1v) is 7.74. The van der Waals surface area contributed by atoms with Crippen LogP contribution in [0.3, 0.4) is 0 Å². The average molecular weight is 280 g/mol. The van der Waals surface area contributed by atoms with E-state index >= 15 is 0 Å². The first-order chi connectivity index (χ1) is 9.31. The summed E-state index contributed by atoms with van der Waals surface area (Å²) in [6.07, 6.45) is 6.86. The third kappa shape index (κ3) is 2.65. The molecule has 0 bridgehead atoms. The molecule has 0 aromatic heterocycles. The average Bonchev–Trinajstić information content (AvgIpc) is 2.34. The highest BCUT2D eigenvalue weighted by Gasteiger charge is 2.52. The zero-order valence-corrected chi connectivity index (χ0v) is 13.2. The van der Waals surface area contributed by atoms with Crippen LogP contribution in [0.1, 0.15) is 53.4 Å². The van der Waals surface area contributed by atoms with Gasteiger partial charge in [-0.1, -0.05) is 33.3 Å². The summed E-state index contributed by atoms with van der Waals surface area (Å²) in [7, 11) is 0. The molecular formula is C17H28O3. The predicted molar refractivity (Wildman–Crippen MR) is 79.1 cm³/mol. The van der Waals surface area contributed by atoms with Crippen LogP contribution in [0.25, 0.3) is 0 Å². The van der Waals surface area contributed by atoms with Crippen LogP contribution in [-0.4, -0.2) is 24.3 Å². The molecule has 0 heterocycles. The molecule has 0 aromatic rings. The van der Waals surface area contributed by atoms with Gasteiger partial charge in [-0.05, 0) is 41.6 Å². The van der Waals surface area contributed by atoms with E-state index in [-0.39, 0.29) is 23.9 Å². The summed E-state index contributed by atoms with van der Waals surface area (Å²) >= 11 is 0. The minimum absolute atomic E-state index is 0.0780. The van der Waals surface area contributed by atoms with E-state index in [1.165, 1.54) is 19.8 Å². The second kappa shape index (κ2) is 5.51. The maximum absolute atomic E-state index is 11.2. The summed E-state index contributed by atoms with van der Waals surface area (Å²) in [5, 5.41) is 9.65. The van der Waals surface area contributed by atoms with Crippen molar-refractivity contribution in [1.82, 2.24) is 0 Å². The summed E-state index contributed by atoms with van der Waals surface area (Å²) in [5.41, 5.74) is 1.51. The highest BCUT2D eigenvalue weighted by Crippen LogP contribution is 2.59. The predicted octanol–water partition coefficient (Wildman–Crippen LogP) is 3.32. The maximum atomic E-state index is 11.2. The van der Waals surface area contributed by atoms with Gasteiger partial charge in [0.15, 0.2) is 0 Å². The van der Waals surface area contributed by atoms with Crippen molar-refractivity contribution in [3.05, 3.63) is 11.6 Å². The van der Waals surface area contributed by atoms with Gasteiger partial charge < -0.3 is 9.84 Å². The Bertz CT molecular complexity index is 410. The van der Waals surface area contributed by atoms with Crippen molar-refractivity contribution < 1.29 is 14.6 Å². The first-order valence-electron chi connectivity index (χ1n) is 7.74. The summed E-state index contributed by atoms with van der Waals surface area (Å²) in [5.74, 6) is 0.525. The Balaban J connectivity index is 2.31. The smallest absolute Gasteiger partial charge is 0.302 e. The Morgan fingerprint density at radius 2 is 2.10 bits per heavy atom. The minimum Gasteiger partial charge on any atom is -0.465 e. The summed E-state index contributed by atoms with van der Waals surface area (Å²) in [6, 6.07) is 0. The number of hydrogen-bond acceptors (Lipinski definition) is 3. The molecule has 2 aliphatic rings. The molecule has 1 saturated carbocycles. The van der Waals surface area contributed by atoms with Crippen LogP contribution >= 0.6 is 0 Å². The quantitative estimate of drug-likeness (QED) is 0.637. The number of rotatable bonds is 3. The van der Waals surface area contributed by atoms with Gasteiger partial charge in [0.05, 0.1) is 13.2 Å². The van der Waals surface area contributed by atoms with Gasteiger partial charge in [0.25, 0.3) is 0 Å². The number of ether oxygens (including phenoxy) is 1. The number of aliphatic hydroxyl groups is 1. The van der Waals surface area contributed by atoms with Gasteiger partial charge in [0.2, 0.25) is 0 Å². The Kier molecular flexibility index (Phi) is 4.29. The molecule has 0 aromatic carbocycles.